The monoisotopic (exact) mass is 112 g/mol. The van der Waals surface area contributed by atoms with Crippen LogP contribution >= 0.6 is 0 Å². The van der Waals surface area contributed by atoms with E-state index in [0.717, 1.165) is 6.29 Å². The third kappa shape index (κ3) is 5.41. The Hall–Kier alpha value is -0.590. The molecule has 0 saturated carbocycles. The molecule has 1 nitrogen and oxygen atoms in total. The number of allylic oxidation sites excluding steroid dienone is 2. The Morgan fingerprint density at radius 2 is 1.75 bits per heavy atom. The summed E-state index contributed by atoms with van der Waals surface area (Å²) in [6, 6.07) is 0. The molecule has 0 atom stereocenters. The number of hydrogen-bond donors (Lipinski definition) is 0. The second kappa shape index (κ2) is 2.65. The summed E-state index contributed by atoms with van der Waals surface area (Å²) in [6.07, 6.45) is 4.20. The topological polar surface area (TPSA) is 17.1 Å². The number of aldehydes is 1. The lowest BCUT2D eigenvalue weighted by Crippen LogP contribution is -1.97. The minimum Gasteiger partial charge on any atom is -0.299 e. The van der Waals surface area contributed by atoms with Crippen molar-refractivity contribution in [3.05, 3.63) is 12.2 Å². The number of carbonyl (C=O) groups excluding carboxylic acids is 1. The summed E-state index contributed by atoms with van der Waals surface area (Å²) in [5, 5.41) is 0. The largest absolute Gasteiger partial charge is 0.299 e. The number of carbonyl (C=O) groups is 1. The van der Waals surface area contributed by atoms with Gasteiger partial charge >= 0.3 is 0 Å². The molecule has 0 rings (SSSR count). The van der Waals surface area contributed by atoms with Gasteiger partial charge < -0.3 is 0 Å². The summed E-state index contributed by atoms with van der Waals surface area (Å²) in [7, 11) is 0. The first-order chi connectivity index (χ1) is 3.56. The Labute approximate surface area is 50.4 Å². The number of hydrogen-bond acceptors (Lipinski definition) is 1. The Morgan fingerprint density at radius 3 is 1.88 bits per heavy atom. The van der Waals surface area contributed by atoms with Gasteiger partial charge in [0.15, 0.2) is 0 Å². The molecular formula is C7H12O. The van der Waals surface area contributed by atoms with Crippen LogP contribution in [0, 0.1) is 5.41 Å². The third-order valence-corrected chi connectivity index (χ3v) is 0.675. The molecule has 0 radical (unpaired) electrons. The van der Waals surface area contributed by atoms with E-state index >= 15 is 0 Å². The van der Waals surface area contributed by atoms with Gasteiger partial charge in [-0.15, -0.1) is 0 Å². The minimum atomic E-state index is 0.140. The predicted octanol–water partition coefficient (Wildman–Crippen LogP) is 1.79. The van der Waals surface area contributed by atoms with Crippen LogP contribution in [0.25, 0.3) is 0 Å². The predicted molar refractivity (Wildman–Crippen MR) is 34.7 cm³/mol. The Morgan fingerprint density at radius 1 is 1.25 bits per heavy atom. The van der Waals surface area contributed by atoms with E-state index in [0.29, 0.717) is 0 Å². The van der Waals surface area contributed by atoms with Crippen LogP contribution < -0.4 is 0 Å². The van der Waals surface area contributed by atoms with E-state index in [1.165, 1.54) is 6.08 Å². The van der Waals surface area contributed by atoms with Gasteiger partial charge in [0, 0.05) is 0 Å². The summed E-state index contributed by atoms with van der Waals surface area (Å²) >= 11 is 0. The molecule has 0 fully saturated rings. The van der Waals surface area contributed by atoms with Gasteiger partial charge in [0.25, 0.3) is 0 Å². The average molecular weight is 112 g/mol. The van der Waals surface area contributed by atoms with Crippen LogP contribution in [0.2, 0.25) is 0 Å². The van der Waals surface area contributed by atoms with E-state index < -0.39 is 0 Å². The van der Waals surface area contributed by atoms with Gasteiger partial charge in [-0.05, 0) is 11.5 Å². The molecule has 0 aliphatic heterocycles. The van der Waals surface area contributed by atoms with Crippen molar-refractivity contribution >= 4 is 6.29 Å². The van der Waals surface area contributed by atoms with Crippen molar-refractivity contribution in [2.24, 2.45) is 5.41 Å². The first-order valence-corrected chi connectivity index (χ1v) is 2.69. The van der Waals surface area contributed by atoms with E-state index in [1.807, 2.05) is 26.8 Å². The van der Waals surface area contributed by atoms with Gasteiger partial charge in [0.1, 0.15) is 6.29 Å². The molecule has 0 aromatic heterocycles. The summed E-state index contributed by atoms with van der Waals surface area (Å²) < 4.78 is 0. The zero-order valence-electron chi connectivity index (χ0n) is 5.64. The molecule has 0 unspecified atom stereocenters. The molecule has 1 heteroatoms. The maximum absolute atomic E-state index is 9.76. The molecule has 0 aromatic rings. The highest BCUT2D eigenvalue weighted by molar-refractivity contribution is 5.64. The lowest BCUT2D eigenvalue weighted by atomic mass is 9.97. The molecule has 0 saturated heterocycles. The van der Waals surface area contributed by atoms with E-state index in [2.05, 4.69) is 0 Å². The van der Waals surface area contributed by atoms with Crippen molar-refractivity contribution in [2.75, 3.05) is 0 Å². The SMILES string of the molecule is CC(C)(C)/C=C\C=O. The summed E-state index contributed by atoms with van der Waals surface area (Å²) in [6.45, 7) is 6.15. The maximum Gasteiger partial charge on any atom is 0.142 e. The van der Waals surface area contributed by atoms with Crippen molar-refractivity contribution in [1.82, 2.24) is 0 Å². The van der Waals surface area contributed by atoms with Gasteiger partial charge in [0.2, 0.25) is 0 Å². The van der Waals surface area contributed by atoms with Crippen LogP contribution in [0.15, 0.2) is 12.2 Å². The molecule has 0 bridgehead atoms. The number of rotatable bonds is 1. The van der Waals surface area contributed by atoms with Crippen LogP contribution in [-0.4, -0.2) is 6.29 Å². The fourth-order valence-electron chi connectivity index (χ4n) is 0.328. The summed E-state index contributed by atoms with van der Waals surface area (Å²) in [4.78, 5) is 9.76. The summed E-state index contributed by atoms with van der Waals surface area (Å²) in [5.74, 6) is 0. The minimum absolute atomic E-state index is 0.140. The van der Waals surface area contributed by atoms with Crippen LogP contribution in [0.4, 0.5) is 0 Å². The van der Waals surface area contributed by atoms with Gasteiger partial charge in [-0.1, -0.05) is 26.8 Å². The lowest BCUT2D eigenvalue weighted by molar-refractivity contribution is -0.104. The molecule has 0 aliphatic rings. The van der Waals surface area contributed by atoms with Crippen molar-refractivity contribution in [2.45, 2.75) is 20.8 Å². The standard InChI is InChI=1S/C7H12O/c1-7(2,3)5-4-6-8/h4-6H,1-3H3/b5-4-. The second-order valence-corrected chi connectivity index (χ2v) is 2.86. The fourth-order valence-corrected chi connectivity index (χ4v) is 0.328. The van der Waals surface area contributed by atoms with Crippen LogP contribution in [-0.2, 0) is 4.79 Å². The molecular weight excluding hydrogens is 100 g/mol. The van der Waals surface area contributed by atoms with Gasteiger partial charge in [-0.3, -0.25) is 4.79 Å². The first-order valence-electron chi connectivity index (χ1n) is 2.69. The van der Waals surface area contributed by atoms with Gasteiger partial charge in [-0.2, -0.15) is 0 Å². The van der Waals surface area contributed by atoms with E-state index in [-0.39, 0.29) is 5.41 Å². The van der Waals surface area contributed by atoms with E-state index in [4.69, 9.17) is 0 Å². The zero-order valence-corrected chi connectivity index (χ0v) is 5.64. The molecule has 0 aromatic carbocycles. The van der Waals surface area contributed by atoms with Gasteiger partial charge in [-0.25, -0.2) is 0 Å². The quantitative estimate of drug-likeness (QED) is 0.373. The molecule has 0 heterocycles. The normalized spacial score (nSPS) is 12.4. The third-order valence-electron chi connectivity index (χ3n) is 0.675. The van der Waals surface area contributed by atoms with Crippen molar-refractivity contribution < 1.29 is 4.79 Å². The highest BCUT2D eigenvalue weighted by atomic mass is 16.1. The highest BCUT2D eigenvalue weighted by Gasteiger charge is 2.01. The molecule has 0 spiro atoms. The molecule has 46 valence electrons. The first kappa shape index (κ1) is 7.41. The zero-order chi connectivity index (χ0) is 6.62. The molecule has 0 amide bonds. The molecule has 0 aliphatic carbocycles. The second-order valence-electron chi connectivity index (χ2n) is 2.86. The smallest absolute Gasteiger partial charge is 0.142 e. The Kier molecular flexibility index (Phi) is 2.46. The Balaban J connectivity index is 3.69. The van der Waals surface area contributed by atoms with Crippen LogP contribution in [0.1, 0.15) is 20.8 Å². The van der Waals surface area contributed by atoms with Crippen LogP contribution in [0.5, 0.6) is 0 Å². The van der Waals surface area contributed by atoms with E-state index in [1.54, 1.807) is 0 Å². The van der Waals surface area contributed by atoms with E-state index in [9.17, 15) is 4.79 Å². The van der Waals surface area contributed by atoms with Crippen molar-refractivity contribution in [3.8, 4) is 0 Å². The Bertz CT molecular complexity index is 95.4. The lowest BCUT2D eigenvalue weighted by Gasteiger charge is -2.09. The average Bonchev–Trinajstić information content (AvgIpc) is 1.59. The van der Waals surface area contributed by atoms with Crippen molar-refractivity contribution in [1.29, 1.82) is 0 Å². The molecule has 8 heavy (non-hydrogen) atoms. The highest BCUT2D eigenvalue weighted by Crippen LogP contribution is 2.13. The van der Waals surface area contributed by atoms with Gasteiger partial charge in [0.05, 0.1) is 0 Å². The van der Waals surface area contributed by atoms with Crippen molar-refractivity contribution in [3.63, 3.8) is 0 Å². The van der Waals surface area contributed by atoms with Crippen LogP contribution in [0.3, 0.4) is 0 Å². The fraction of sp³-hybridized carbons (Fsp3) is 0.571. The maximum atomic E-state index is 9.76. The molecule has 0 N–H and O–H groups in total. The summed E-state index contributed by atoms with van der Waals surface area (Å²) in [5.41, 5.74) is 0.140.